The van der Waals surface area contributed by atoms with Gasteiger partial charge in [0.15, 0.2) is 12.4 Å². The first-order chi connectivity index (χ1) is 10.1. The second kappa shape index (κ2) is 7.28. The van der Waals surface area contributed by atoms with E-state index in [1.165, 1.54) is 6.33 Å². The third-order valence-electron chi connectivity index (χ3n) is 2.69. The first-order valence-electron chi connectivity index (χ1n) is 6.60. The Kier molecular flexibility index (Phi) is 5.14. The molecular formula is C14H18N5O2+. The van der Waals surface area contributed by atoms with Gasteiger partial charge in [-0.1, -0.05) is 6.07 Å². The molecule has 0 radical (unpaired) electrons. The van der Waals surface area contributed by atoms with E-state index in [0.717, 1.165) is 0 Å². The minimum atomic E-state index is -0.284. The molecule has 110 valence electrons. The van der Waals surface area contributed by atoms with Gasteiger partial charge in [-0.3, -0.25) is 0 Å². The molecule has 0 N–H and O–H groups in total. The molecule has 0 aromatic carbocycles. The lowest BCUT2D eigenvalue weighted by atomic mass is 10.4. The summed E-state index contributed by atoms with van der Waals surface area (Å²) in [5, 5.41) is 0. The second-order valence-corrected chi connectivity index (χ2v) is 4.61. The summed E-state index contributed by atoms with van der Waals surface area (Å²) in [7, 11) is 3.71. The van der Waals surface area contributed by atoms with E-state index < -0.39 is 0 Å². The average molecular weight is 288 g/mol. The predicted octanol–water partition coefficient (Wildman–Crippen LogP) is 0.0110. The Hall–Kier alpha value is -2.57. The Morgan fingerprint density at radius 2 is 2.00 bits per heavy atom. The van der Waals surface area contributed by atoms with Gasteiger partial charge < -0.3 is 9.64 Å². The van der Waals surface area contributed by atoms with Crippen molar-refractivity contribution in [1.82, 2.24) is 15.0 Å². The van der Waals surface area contributed by atoms with Crippen molar-refractivity contribution >= 4 is 11.9 Å². The minimum Gasteiger partial charge on any atom is -0.461 e. The zero-order chi connectivity index (χ0) is 15.1. The fourth-order valence-corrected chi connectivity index (χ4v) is 1.65. The van der Waals surface area contributed by atoms with Gasteiger partial charge in [-0.2, -0.15) is 9.55 Å². The van der Waals surface area contributed by atoms with Gasteiger partial charge in [-0.05, 0) is 0 Å². The topological polar surface area (TPSA) is 72.1 Å². The SMILES string of the molecule is CN(C)c1ncnc(CCOC(=O)C[n+]2ccccc2)n1. The van der Waals surface area contributed by atoms with Crippen LogP contribution in [0.5, 0.6) is 0 Å². The number of pyridine rings is 1. The number of aromatic nitrogens is 4. The third kappa shape index (κ3) is 4.79. The van der Waals surface area contributed by atoms with Crippen LogP contribution in [0.1, 0.15) is 5.82 Å². The molecule has 0 saturated heterocycles. The molecule has 2 aromatic rings. The molecule has 0 saturated carbocycles. The van der Waals surface area contributed by atoms with Gasteiger partial charge in [0.25, 0.3) is 0 Å². The normalized spacial score (nSPS) is 10.2. The van der Waals surface area contributed by atoms with Crippen molar-refractivity contribution in [3.8, 4) is 0 Å². The van der Waals surface area contributed by atoms with Gasteiger partial charge in [-0.25, -0.2) is 14.8 Å². The highest BCUT2D eigenvalue weighted by Gasteiger charge is 2.10. The molecule has 0 amide bonds. The van der Waals surface area contributed by atoms with Crippen LogP contribution in [0.25, 0.3) is 0 Å². The van der Waals surface area contributed by atoms with Crippen LogP contribution in [0.2, 0.25) is 0 Å². The zero-order valence-corrected chi connectivity index (χ0v) is 12.1. The molecule has 7 heteroatoms. The number of carbonyl (C=O) groups excluding carboxylic acids is 1. The van der Waals surface area contributed by atoms with Crippen LogP contribution in [0.4, 0.5) is 5.95 Å². The van der Waals surface area contributed by atoms with Crippen molar-refractivity contribution in [2.45, 2.75) is 13.0 Å². The van der Waals surface area contributed by atoms with E-state index in [1.807, 2.05) is 44.7 Å². The third-order valence-corrected chi connectivity index (χ3v) is 2.69. The number of anilines is 1. The summed E-state index contributed by atoms with van der Waals surface area (Å²) in [5.74, 6) is 0.910. The highest BCUT2D eigenvalue weighted by atomic mass is 16.5. The predicted molar refractivity (Wildman–Crippen MR) is 75.5 cm³/mol. The average Bonchev–Trinajstić information content (AvgIpc) is 2.48. The lowest BCUT2D eigenvalue weighted by Gasteiger charge is -2.09. The molecule has 7 nitrogen and oxygen atoms in total. The Morgan fingerprint density at radius 1 is 1.24 bits per heavy atom. The minimum absolute atomic E-state index is 0.195. The Bertz CT molecular complexity index is 589. The number of carbonyl (C=O) groups is 1. The largest absolute Gasteiger partial charge is 0.461 e. The van der Waals surface area contributed by atoms with Crippen molar-refractivity contribution < 1.29 is 14.1 Å². The lowest BCUT2D eigenvalue weighted by Crippen LogP contribution is -2.37. The highest BCUT2D eigenvalue weighted by Crippen LogP contribution is 2.01. The molecule has 0 aliphatic heterocycles. The number of hydrogen-bond donors (Lipinski definition) is 0. The molecule has 0 bridgehead atoms. The van der Waals surface area contributed by atoms with Crippen LogP contribution in [-0.4, -0.2) is 41.6 Å². The first kappa shape index (κ1) is 14.8. The smallest absolute Gasteiger partial charge is 0.372 e. The fraction of sp³-hybridized carbons (Fsp3) is 0.357. The number of ether oxygens (including phenoxy) is 1. The first-order valence-corrected chi connectivity index (χ1v) is 6.60. The van der Waals surface area contributed by atoms with E-state index in [9.17, 15) is 4.79 Å². The van der Waals surface area contributed by atoms with Gasteiger partial charge >= 0.3 is 5.97 Å². The lowest BCUT2D eigenvalue weighted by molar-refractivity contribution is -0.686. The van der Waals surface area contributed by atoms with E-state index in [4.69, 9.17) is 4.74 Å². The van der Waals surface area contributed by atoms with Crippen molar-refractivity contribution in [1.29, 1.82) is 0 Å². The summed E-state index contributed by atoms with van der Waals surface area (Å²) in [6.07, 6.45) is 5.56. The van der Waals surface area contributed by atoms with Crippen molar-refractivity contribution in [2.75, 3.05) is 25.6 Å². The van der Waals surface area contributed by atoms with E-state index >= 15 is 0 Å². The zero-order valence-electron chi connectivity index (χ0n) is 12.1. The van der Waals surface area contributed by atoms with Crippen LogP contribution in [0.3, 0.4) is 0 Å². The number of hydrogen-bond acceptors (Lipinski definition) is 6. The van der Waals surface area contributed by atoms with Crippen molar-refractivity contribution in [3.63, 3.8) is 0 Å². The molecule has 0 aliphatic carbocycles. The van der Waals surface area contributed by atoms with Gasteiger partial charge in [-0.15, -0.1) is 0 Å². The Morgan fingerprint density at radius 3 is 2.71 bits per heavy atom. The summed E-state index contributed by atoms with van der Waals surface area (Å²) >= 11 is 0. The molecule has 0 aliphatic rings. The molecular weight excluding hydrogens is 270 g/mol. The van der Waals surface area contributed by atoms with Gasteiger partial charge in [0.2, 0.25) is 12.5 Å². The summed E-state index contributed by atoms with van der Waals surface area (Å²) in [4.78, 5) is 25.8. The molecule has 0 fully saturated rings. The Labute approximate surface area is 123 Å². The van der Waals surface area contributed by atoms with Crippen molar-refractivity contribution in [2.24, 2.45) is 0 Å². The number of nitrogens with zero attached hydrogens (tertiary/aromatic N) is 5. The van der Waals surface area contributed by atoms with E-state index in [0.29, 0.717) is 18.2 Å². The summed E-state index contributed by atoms with van der Waals surface area (Å²) in [5.41, 5.74) is 0. The van der Waals surface area contributed by atoms with E-state index in [2.05, 4.69) is 15.0 Å². The van der Waals surface area contributed by atoms with Crippen LogP contribution in [0, 0.1) is 0 Å². The van der Waals surface area contributed by atoms with Crippen LogP contribution >= 0.6 is 0 Å². The van der Waals surface area contributed by atoms with Crippen molar-refractivity contribution in [3.05, 3.63) is 42.7 Å². The molecule has 2 aromatic heterocycles. The van der Waals surface area contributed by atoms with Gasteiger partial charge in [0.05, 0.1) is 6.61 Å². The Balaban J connectivity index is 1.79. The molecule has 21 heavy (non-hydrogen) atoms. The van der Waals surface area contributed by atoms with Crippen LogP contribution in [0.15, 0.2) is 36.9 Å². The number of esters is 1. The van der Waals surface area contributed by atoms with Crippen LogP contribution < -0.4 is 9.47 Å². The molecule has 2 rings (SSSR count). The maximum Gasteiger partial charge on any atom is 0.372 e. The standard InChI is InChI=1S/C14H18N5O2/c1-18(2)14-16-11-15-12(17-14)6-9-21-13(20)10-19-7-4-3-5-8-19/h3-5,7-8,11H,6,9-10H2,1-2H3/q+1. The molecule has 0 atom stereocenters. The van der Waals surface area contributed by atoms with E-state index in [1.54, 1.807) is 9.47 Å². The van der Waals surface area contributed by atoms with Gasteiger partial charge in [0.1, 0.15) is 12.2 Å². The second-order valence-electron chi connectivity index (χ2n) is 4.61. The summed E-state index contributed by atoms with van der Waals surface area (Å²) in [6.45, 7) is 0.449. The van der Waals surface area contributed by atoms with Gasteiger partial charge in [0, 0.05) is 32.6 Å². The highest BCUT2D eigenvalue weighted by molar-refractivity contribution is 5.67. The maximum atomic E-state index is 11.7. The maximum absolute atomic E-state index is 11.7. The summed E-state index contributed by atoms with van der Waals surface area (Å²) in [6, 6.07) is 5.62. The van der Waals surface area contributed by atoms with E-state index in [-0.39, 0.29) is 19.1 Å². The van der Waals surface area contributed by atoms with Crippen LogP contribution in [-0.2, 0) is 22.5 Å². The summed E-state index contributed by atoms with van der Waals surface area (Å²) < 4.78 is 6.94. The molecule has 0 unspecified atom stereocenters. The fourth-order valence-electron chi connectivity index (χ4n) is 1.65. The quantitative estimate of drug-likeness (QED) is 0.551. The number of rotatable bonds is 6. The monoisotopic (exact) mass is 288 g/mol. The molecule has 2 heterocycles. The molecule has 0 spiro atoms.